The third kappa shape index (κ3) is 3.22. The number of hydrogen-bond acceptors (Lipinski definition) is 4. The van der Waals surface area contributed by atoms with E-state index in [1.54, 1.807) is 12.1 Å². The minimum Gasteiger partial charge on any atom is -0.258 e. The molecule has 0 saturated heterocycles. The average Bonchev–Trinajstić information content (AvgIpc) is 3.16. The highest BCUT2D eigenvalue weighted by atomic mass is 16.6. The second-order valence-corrected chi connectivity index (χ2v) is 6.16. The van der Waals surface area contributed by atoms with Crippen LogP contribution in [0.5, 0.6) is 0 Å². The zero-order chi connectivity index (χ0) is 18.7. The summed E-state index contributed by atoms with van der Waals surface area (Å²) in [4.78, 5) is 10.5. The van der Waals surface area contributed by atoms with Crippen LogP contribution in [-0.2, 0) is 19.3 Å². The van der Waals surface area contributed by atoms with Gasteiger partial charge in [0.25, 0.3) is 5.69 Å². The van der Waals surface area contributed by atoms with Gasteiger partial charge in [0.1, 0.15) is 11.4 Å². The Hall–Kier alpha value is -3.02. The zero-order valence-electron chi connectivity index (χ0n) is 15.2. The van der Waals surface area contributed by atoms with Crippen molar-refractivity contribution < 1.29 is 4.92 Å². The van der Waals surface area contributed by atoms with Crippen LogP contribution in [0, 0.1) is 10.1 Å². The number of nitro groups is 1. The first-order valence-corrected chi connectivity index (χ1v) is 8.89. The molecule has 0 saturated carbocycles. The highest BCUT2D eigenvalue weighted by Gasteiger charge is 2.16. The summed E-state index contributed by atoms with van der Waals surface area (Å²) in [6.45, 7) is 6.52. The topological polar surface area (TPSA) is 84.7 Å². The van der Waals surface area contributed by atoms with Crippen molar-refractivity contribution in [1.29, 1.82) is 0 Å². The third-order valence-corrected chi connectivity index (χ3v) is 4.72. The summed E-state index contributed by atoms with van der Waals surface area (Å²) < 4.78 is 0. The first kappa shape index (κ1) is 17.8. The van der Waals surface area contributed by atoms with Crippen LogP contribution < -0.4 is 0 Å². The molecule has 6 heteroatoms. The molecule has 1 heterocycles. The Balaban J connectivity index is 2.09. The second-order valence-electron chi connectivity index (χ2n) is 6.16. The number of aromatic amines is 1. The van der Waals surface area contributed by atoms with Gasteiger partial charge >= 0.3 is 0 Å². The molecule has 0 aliphatic heterocycles. The molecule has 0 unspecified atom stereocenters. The third-order valence-electron chi connectivity index (χ3n) is 4.72. The van der Waals surface area contributed by atoms with Crippen LogP contribution in [0.15, 0.2) is 36.4 Å². The first-order valence-electron chi connectivity index (χ1n) is 8.89. The van der Waals surface area contributed by atoms with Crippen LogP contribution in [0.3, 0.4) is 0 Å². The van der Waals surface area contributed by atoms with Gasteiger partial charge in [-0.2, -0.15) is 15.4 Å². The van der Waals surface area contributed by atoms with Crippen LogP contribution in [0.2, 0.25) is 0 Å². The number of nitro benzene ring substituents is 1. The molecular weight excluding hydrogens is 328 g/mol. The molecule has 1 N–H and O–H groups in total. The molecule has 0 aliphatic rings. The van der Waals surface area contributed by atoms with Gasteiger partial charge in [-0.25, -0.2) is 0 Å². The van der Waals surface area contributed by atoms with Crippen molar-refractivity contribution in [1.82, 2.24) is 15.4 Å². The lowest BCUT2D eigenvalue weighted by Gasteiger charge is -2.14. The molecule has 0 atom stereocenters. The molecule has 134 valence electrons. The fraction of sp³-hybridized carbons (Fsp3) is 0.300. The lowest BCUT2D eigenvalue weighted by Crippen LogP contribution is -1.99. The van der Waals surface area contributed by atoms with Gasteiger partial charge in [-0.1, -0.05) is 20.8 Å². The lowest BCUT2D eigenvalue weighted by atomic mass is 9.91. The van der Waals surface area contributed by atoms with Crippen molar-refractivity contribution >= 4 is 5.69 Å². The van der Waals surface area contributed by atoms with E-state index in [0.29, 0.717) is 5.69 Å². The Morgan fingerprint density at radius 2 is 1.42 bits per heavy atom. The minimum atomic E-state index is -0.405. The van der Waals surface area contributed by atoms with Crippen molar-refractivity contribution in [2.24, 2.45) is 0 Å². The van der Waals surface area contributed by atoms with Crippen LogP contribution >= 0.6 is 0 Å². The molecule has 1 aromatic heterocycles. The number of rotatable bonds is 6. The predicted molar refractivity (Wildman–Crippen MR) is 102 cm³/mol. The summed E-state index contributed by atoms with van der Waals surface area (Å²) in [6, 6.07) is 10.8. The van der Waals surface area contributed by atoms with E-state index in [-0.39, 0.29) is 5.69 Å². The largest absolute Gasteiger partial charge is 0.269 e. The summed E-state index contributed by atoms with van der Waals surface area (Å²) in [5, 5.41) is 22.2. The van der Waals surface area contributed by atoms with Crippen LogP contribution in [-0.4, -0.2) is 20.3 Å². The Bertz CT molecular complexity index is 904. The monoisotopic (exact) mass is 350 g/mol. The lowest BCUT2D eigenvalue weighted by molar-refractivity contribution is -0.384. The Morgan fingerprint density at radius 3 is 1.88 bits per heavy atom. The minimum absolute atomic E-state index is 0.0626. The number of benzene rings is 2. The van der Waals surface area contributed by atoms with Crippen LogP contribution in [0.4, 0.5) is 5.69 Å². The Labute approximate surface area is 152 Å². The van der Waals surface area contributed by atoms with Crippen molar-refractivity contribution in [2.75, 3.05) is 0 Å². The highest BCUT2D eigenvalue weighted by molar-refractivity contribution is 5.78. The maximum Gasteiger partial charge on any atom is 0.269 e. The van der Waals surface area contributed by atoms with Crippen molar-refractivity contribution in [3.63, 3.8) is 0 Å². The fourth-order valence-corrected chi connectivity index (χ4v) is 3.39. The van der Waals surface area contributed by atoms with Crippen LogP contribution in [0.1, 0.15) is 37.5 Å². The highest BCUT2D eigenvalue weighted by Crippen LogP contribution is 2.32. The molecular formula is C20H22N4O2. The predicted octanol–water partition coefficient (Wildman–Crippen LogP) is 4.73. The molecule has 26 heavy (non-hydrogen) atoms. The van der Waals surface area contributed by atoms with E-state index in [2.05, 4.69) is 48.3 Å². The number of hydrogen-bond donors (Lipinski definition) is 1. The van der Waals surface area contributed by atoms with Gasteiger partial charge in [0.15, 0.2) is 0 Å². The van der Waals surface area contributed by atoms with E-state index in [0.717, 1.165) is 36.1 Å². The molecule has 3 aromatic rings. The summed E-state index contributed by atoms with van der Waals surface area (Å²) in [5.41, 5.74) is 7.44. The Kier molecular flexibility index (Phi) is 5.11. The molecule has 2 aromatic carbocycles. The average molecular weight is 350 g/mol. The normalized spacial score (nSPS) is 10.9. The molecule has 0 spiro atoms. The maximum absolute atomic E-state index is 10.9. The van der Waals surface area contributed by atoms with Gasteiger partial charge in [-0.15, -0.1) is 0 Å². The molecule has 0 radical (unpaired) electrons. The quantitative estimate of drug-likeness (QED) is 0.514. The van der Waals surface area contributed by atoms with Gasteiger partial charge in [0.05, 0.1) is 4.92 Å². The second kappa shape index (κ2) is 7.47. The number of nitrogens with zero attached hydrogens (tertiary/aromatic N) is 3. The molecule has 0 aliphatic carbocycles. The SMILES string of the molecule is CCc1cc(-c2n[nH]nc2-c2ccc([N+](=O)[O-])cc2)cc(CC)c1CC. The number of aromatic nitrogens is 3. The number of non-ortho nitro benzene ring substituents is 1. The van der Waals surface area contributed by atoms with Crippen LogP contribution in [0.25, 0.3) is 22.5 Å². The summed E-state index contributed by atoms with van der Waals surface area (Å²) in [6.07, 6.45) is 2.95. The molecule has 0 bridgehead atoms. The summed E-state index contributed by atoms with van der Waals surface area (Å²) in [5.74, 6) is 0. The smallest absolute Gasteiger partial charge is 0.258 e. The fourth-order valence-electron chi connectivity index (χ4n) is 3.39. The first-order chi connectivity index (χ1) is 12.6. The van der Waals surface area contributed by atoms with E-state index in [9.17, 15) is 10.1 Å². The standard InChI is InChI=1S/C20H22N4O2/c1-4-13-11-16(12-14(5-2)18(13)6-3)20-19(21-23-22-20)15-7-9-17(10-8-15)24(25)26/h7-12H,4-6H2,1-3H3,(H,21,22,23). The number of H-pyrrole nitrogens is 1. The maximum atomic E-state index is 10.9. The van der Waals surface area contributed by atoms with Crippen molar-refractivity contribution in [3.05, 3.63) is 63.2 Å². The molecule has 0 amide bonds. The summed E-state index contributed by atoms with van der Waals surface area (Å²) in [7, 11) is 0. The van der Waals surface area contributed by atoms with Crippen molar-refractivity contribution in [2.45, 2.75) is 40.0 Å². The molecule has 6 nitrogen and oxygen atoms in total. The van der Waals surface area contributed by atoms with E-state index in [1.165, 1.54) is 28.8 Å². The van der Waals surface area contributed by atoms with Gasteiger partial charge in [0.2, 0.25) is 0 Å². The summed E-state index contributed by atoms with van der Waals surface area (Å²) >= 11 is 0. The van der Waals surface area contributed by atoms with Gasteiger partial charge in [-0.05, 0) is 60.2 Å². The van der Waals surface area contributed by atoms with Gasteiger partial charge in [0, 0.05) is 23.3 Å². The molecule has 0 fully saturated rings. The zero-order valence-corrected chi connectivity index (χ0v) is 15.2. The van der Waals surface area contributed by atoms with E-state index < -0.39 is 4.92 Å². The van der Waals surface area contributed by atoms with E-state index in [1.807, 2.05) is 0 Å². The van der Waals surface area contributed by atoms with E-state index >= 15 is 0 Å². The number of aryl methyl sites for hydroxylation is 2. The van der Waals surface area contributed by atoms with Gasteiger partial charge < -0.3 is 0 Å². The Morgan fingerprint density at radius 1 is 0.885 bits per heavy atom. The molecule has 3 rings (SSSR count). The van der Waals surface area contributed by atoms with E-state index in [4.69, 9.17) is 0 Å². The van der Waals surface area contributed by atoms with Gasteiger partial charge in [-0.3, -0.25) is 10.1 Å². The van der Waals surface area contributed by atoms with Crippen molar-refractivity contribution in [3.8, 4) is 22.5 Å². The number of nitrogens with one attached hydrogen (secondary N) is 1.